The number of fused-ring (bicyclic) bond motifs is 2. The number of carbonyl (C=O) groups excluding carboxylic acids is 3. The van der Waals surface area contributed by atoms with Crippen LogP contribution in [-0.2, 0) is 16.6 Å². The van der Waals surface area contributed by atoms with Crippen molar-refractivity contribution in [1.29, 1.82) is 0 Å². The third-order valence-corrected chi connectivity index (χ3v) is 8.75. The number of hydrogen-bond donors (Lipinski definition) is 3. The number of rotatable bonds is 10. The molecule has 12 nitrogen and oxygen atoms in total. The van der Waals surface area contributed by atoms with Gasteiger partial charge in [0, 0.05) is 62.5 Å². The van der Waals surface area contributed by atoms with Crippen LogP contribution >= 0.6 is 0 Å². The van der Waals surface area contributed by atoms with Crippen LogP contribution in [0.25, 0.3) is 21.9 Å². The monoisotopic (exact) mass is 663 g/mol. The van der Waals surface area contributed by atoms with Crippen LogP contribution in [0.2, 0.25) is 0 Å². The first-order valence-corrected chi connectivity index (χ1v) is 16.2. The average Bonchev–Trinajstić information content (AvgIpc) is 3.82. The molecule has 49 heavy (non-hydrogen) atoms. The van der Waals surface area contributed by atoms with Gasteiger partial charge in [0.1, 0.15) is 30.7 Å². The number of carbonyl (C=O) groups is 3. The first-order valence-electron chi connectivity index (χ1n) is 16.2. The van der Waals surface area contributed by atoms with E-state index >= 15 is 0 Å². The highest BCUT2D eigenvalue weighted by Crippen LogP contribution is 2.32. The smallest absolute Gasteiger partial charge is 0.329 e. The van der Waals surface area contributed by atoms with Crippen molar-refractivity contribution in [2.75, 3.05) is 39.6 Å². The molecule has 0 aliphatic carbocycles. The van der Waals surface area contributed by atoms with Gasteiger partial charge in [0.15, 0.2) is 0 Å². The molecule has 4 heterocycles. The Morgan fingerprint density at radius 2 is 1.94 bits per heavy atom. The Kier molecular flexibility index (Phi) is 11.3. The molecule has 1 saturated heterocycles. The Hall–Kier alpha value is -5.67. The third kappa shape index (κ3) is 7.90. The van der Waals surface area contributed by atoms with E-state index in [0.29, 0.717) is 40.2 Å². The highest BCUT2D eigenvalue weighted by Gasteiger charge is 2.24. The number of nitrogens with zero attached hydrogens (tertiary/aromatic N) is 4. The minimum atomic E-state index is -0.760. The quantitative estimate of drug-likeness (QED) is 0.149. The SMILES string of the molecule is CNC(=O)CCC(C=O)n1c(=O)n(C)c2c(C#CCOc3ccc(C=O)cc3)cccc21.CNc1cc2[nH]c(C3CCCN3C)cc2cn1. The van der Waals surface area contributed by atoms with Crippen LogP contribution in [0.3, 0.4) is 0 Å². The number of aromatic amines is 1. The van der Waals surface area contributed by atoms with Crippen molar-refractivity contribution in [3.8, 4) is 17.6 Å². The van der Waals surface area contributed by atoms with Crippen molar-refractivity contribution < 1.29 is 19.1 Å². The highest BCUT2D eigenvalue weighted by molar-refractivity contribution is 5.84. The zero-order valence-electron chi connectivity index (χ0n) is 28.2. The van der Waals surface area contributed by atoms with Crippen molar-refractivity contribution in [2.24, 2.45) is 7.05 Å². The van der Waals surface area contributed by atoms with E-state index < -0.39 is 6.04 Å². The molecule has 3 aromatic heterocycles. The zero-order chi connectivity index (χ0) is 34.9. The van der Waals surface area contributed by atoms with Crippen LogP contribution in [-0.4, -0.2) is 76.8 Å². The first kappa shape index (κ1) is 34.7. The van der Waals surface area contributed by atoms with Crippen LogP contribution in [0.1, 0.15) is 59.4 Å². The second-order valence-corrected chi connectivity index (χ2v) is 11.8. The van der Waals surface area contributed by atoms with E-state index in [1.807, 2.05) is 13.2 Å². The van der Waals surface area contributed by atoms with Gasteiger partial charge >= 0.3 is 5.69 Å². The summed E-state index contributed by atoms with van der Waals surface area (Å²) in [6.45, 7) is 1.31. The lowest BCUT2D eigenvalue weighted by Gasteiger charge is -2.17. The van der Waals surface area contributed by atoms with Crippen molar-refractivity contribution in [2.45, 2.75) is 37.8 Å². The number of H-pyrrole nitrogens is 1. The van der Waals surface area contributed by atoms with E-state index in [-0.39, 0.29) is 31.0 Å². The molecule has 1 amide bonds. The number of aryl methyl sites for hydroxylation is 1. The van der Waals surface area contributed by atoms with E-state index in [0.717, 1.165) is 12.1 Å². The van der Waals surface area contributed by atoms with Crippen LogP contribution < -0.4 is 21.1 Å². The molecule has 0 radical (unpaired) electrons. The van der Waals surface area contributed by atoms with Gasteiger partial charge in [-0.1, -0.05) is 17.9 Å². The van der Waals surface area contributed by atoms with E-state index in [1.54, 1.807) is 49.5 Å². The minimum absolute atomic E-state index is 0.120. The summed E-state index contributed by atoms with van der Waals surface area (Å²) in [6.07, 6.45) is 6.25. The van der Waals surface area contributed by atoms with Gasteiger partial charge in [-0.05, 0) is 75.3 Å². The zero-order valence-corrected chi connectivity index (χ0v) is 28.2. The number of nitrogens with one attached hydrogen (secondary N) is 3. The van der Waals surface area contributed by atoms with Crippen LogP contribution in [0, 0.1) is 11.8 Å². The molecule has 1 aliphatic rings. The summed E-state index contributed by atoms with van der Waals surface area (Å²) >= 11 is 0. The molecule has 1 fully saturated rings. The normalized spacial score (nSPS) is 14.7. The number of benzene rings is 2. The maximum absolute atomic E-state index is 12.9. The fourth-order valence-corrected chi connectivity index (χ4v) is 6.08. The molecule has 0 spiro atoms. The van der Waals surface area contributed by atoms with Crippen molar-refractivity contribution in [3.63, 3.8) is 0 Å². The van der Waals surface area contributed by atoms with Gasteiger partial charge in [0.25, 0.3) is 0 Å². The van der Waals surface area contributed by atoms with E-state index in [1.165, 1.54) is 52.2 Å². The summed E-state index contributed by atoms with van der Waals surface area (Å²) < 4.78 is 8.43. The molecule has 3 N–H and O–H groups in total. The predicted octanol–water partition coefficient (Wildman–Crippen LogP) is 4.22. The van der Waals surface area contributed by atoms with Gasteiger partial charge in [-0.25, -0.2) is 9.78 Å². The number of amides is 1. The number of hydrogen-bond acceptors (Lipinski definition) is 8. The number of ether oxygens (including phenoxy) is 1. The predicted molar refractivity (Wildman–Crippen MR) is 190 cm³/mol. The summed E-state index contributed by atoms with van der Waals surface area (Å²) in [7, 11) is 7.23. The molecule has 2 unspecified atom stereocenters. The number of likely N-dealkylation sites (tertiary alicyclic amines) is 1. The van der Waals surface area contributed by atoms with Crippen LogP contribution in [0.5, 0.6) is 5.75 Å². The Morgan fingerprint density at radius 3 is 2.61 bits per heavy atom. The van der Waals surface area contributed by atoms with Gasteiger partial charge in [0.2, 0.25) is 5.91 Å². The lowest BCUT2D eigenvalue weighted by Crippen LogP contribution is -2.28. The van der Waals surface area contributed by atoms with E-state index in [9.17, 15) is 19.2 Å². The highest BCUT2D eigenvalue weighted by atomic mass is 16.5. The fraction of sp³-hybridized carbons (Fsp3) is 0.324. The van der Waals surface area contributed by atoms with Gasteiger partial charge < -0.3 is 25.1 Å². The van der Waals surface area contributed by atoms with Crippen molar-refractivity contribution in [1.82, 2.24) is 29.3 Å². The topological polar surface area (TPSA) is 143 Å². The number of anilines is 1. The second-order valence-electron chi connectivity index (χ2n) is 11.8. The van der Waals surface area contributed by atoms with Gasteiger partial charge in [0.05, 0.1) is 28.2 Å². The number of pyridine rings is 1. The Morgan fingerprint density at radius 1 is 1.14 bits per heavy atom. The number of para-hydroxylation sites is 1. The molecular weight excluding hydrogens is 622 g/mol. The standard InChI is InChI=1S/C24H23N3O5.C13H18N4/c1-25-22(30)13-10-19(16-29)27-21-7-3-5-18(23(21)26(2)24(27)31)6-4-14-32-20-11-8-17(15-28)9-12-20;1-14-13-7-10-9(8-15-13)6-11(16-10)12-4-3-5-17(12)2/h3,5,7-9,11-12,15-16,19H,10,13-14H2,1-2H3,(H,25,30);6-8,12,16H,3-5H2,1-2H3,(H,14,15). The minimum Gasteiger partial charge on any atom is -0.481 e. The van der Waals surface area contributed by atoms with Crippen molar-refractivity contribution in [3.05, 3.63) is 88.1 Å². The van der Waals surface area contributed by atoms with E-state index in [2.05, 4.69) is 56.5 Å². The third-order valence-electron chi connectivity index (χ3n) is 8.75. The van der Waals surface area contributed by atoms with Crippen LogP contribution in [0.4, 0.5) is 5.82 Å². The summed E-state index contributed by atoms with van der Waals surface area (Å²) in [5, 5.41) is 6.77. The van der Waals surface area contributed by atoms with Crippen LogP contribution in [0.15, 0.2) is 65.6 Å². The molecule has 2 aromatic carbocycles. The lowest BCUT2D eigenvalue weighted by molar-refractivity contribution is -0.121. The fourth-order valence-electron chi connectivity index (χ4n) is 6.08. The molecule has 0 bridgehead atoms. The lowest BCUT2D eigenvalue weighted by atomic mass is 10.1. The molecule has 2 atom stereocenters. The molecular formula is C37H41N7O5. The molecule has 254 valence electrons. The number of aromatic nitrogens is 4. The first-order chi connectivity index (χ1) is 23.8. The van der Waals surface area contributed by atoms with Gasteiger partial charge in [-0.2, -0.15) is 0 Å². The Balaban J connectivity index is 0.000000229. The molecule has 6 rings (SSSR count). The molecule has 0 saturated carbocycles. The largest absolute Gasteiger partial charge is 0.481 e. The second kappa shape index (κ2) is 16.0. The number of imidazole rings is 1. The summed E-state index contributed by atoms with van der Waals surface area (Å²) in [5.41, 5.74) is 4.49. The average molecular weight is 664 g/mol. The Labute approximate surface area is 284 Å². The summed E-state index contributed by atoms with van der Waals surface area (Å²) in [4.78, 5) is 57.2. The van der Waals surface area contributed by atoms with Gasteiger partial charge in [-0.15, -0.1) is 0 Å². The molecule has 1 aliphatic heterocycles. The molecule has 5 aromatic rings. The number of aldehydes is 2. The summed E-state index contributed by atoms with van der Waals surface area (Å²) in [5.74, 6) is 7.25. The Bertz CT molecular complexity index is 2070. The van der Waals surface area contributed by atoms with Crippen molar-refractivity contribution >= 4 is 46.2 Å². The van der Waals surface area contributed by atoms with Gasteiger partial charge in [-0.3, -0.25) is 23.6 Å². The van der Waals surface area contributed by atoms with E-state index in [4.69, 9.17) is 4.74 Å². The molecule has 12 heteroatoms. The summed E-state index contributed by atoms with van der Waals surface area (Å²) in [6, 6.07) is 16.1. The maximum Gasteiger partial charge on any atom is 0.329 e. The maximum atomic E-state index is 12.9.